The lowest BCUT2D eigenvalue weighted by atomic mass is 9.91. The Morgan fingerprint density at radius 2 is 0.945 bits per heavy atom. The number of fused-ring (bicyclic) bond motifs is 3. The summed E-state index contributed by atoms with van der Waals surface area (Å²) in [6.07, 6.45) is 13.2. The lowest BCUT2D eigenvalue weighted by Crippen LogP contribution is -2.03. The number of hydrogen-bond acceptors (Lipinski definition) is 4. The van der Waals surface area contributed by atoms with Crippen LogP contribution in [-0.4, -0.2) is 21.2 Å². The molecule has 0 saturated carbocycles. The number of nitrogens with one attached hydrogen (secondary N) is 1. The third-order valence-electron chi connectivity index (χ3n) is 13.4. The second kappa shape index (κ2) is 21.3. The van der Waals surface area contributed by atoms with Crippen LogP contribution in [0, 0.1) is 5.41 Å². The van der Waals surface area contributed by atoms with E-state index in [4.69, 9.17) is 20.4 Å². The molecule has 0 saturated heterocycles. The fourth-order valence-electron chi connectivity index (χ4n) is 9.61. The Bertz CT molecular complexity index is 3850. The summed E-state index contributed by atoms with van der Waals surface area (Å²) in [6.45, 7) is 2.15. The molecule has 0 amide bonds. The average Bonchev–Trinajstić information content (AvgIpc) is 3.47. The lowest BCUT2D eigenvalue weighted by molar-refractivity contribution is 1.03. The minimum absolute atomic E-state index is 0.592. The minimum atomic E-state index is 0.592. The summed E-state index contributed by atoms with van der Waals surface area (Å²) in [6, 6.07) is 82.0. The van der Waals surface area contributed by atoms with Gasteiger partial charge in [0.1, 0.15) is 0 Å². The molecule has 0 aliphatic carbocycles. The molecular weight excluding hydrogens is 885 g/mol. The van der Waals surface area contributed by atoms with Gasteiger partial charge in [-0.05, 0) is 144 Å². The van der Waals surface area contributed by atoms with Crippen LogP contribution < -0.4 is 0 Å². The Labute approximate surface area is 427 Å². The molecule has 0 radical (unpaired) electrons. The first-order valence-corrected chi connectivity index (χ1v) is 24.9. The van der Waals surface area contributed by atoms with Crippen LogP contribution in [0.1, 0.15) is 30.3 Å². The summed E-state index contributed by atoms with van der Waals surface area (Å²) in [4.78, 5) is 16.0. The molecule has 11 rings (SSSR count). The zero-order valence-corrected chi connectivity index (χ0v) is 40.7. The zero-order valence-electron chi connectivity index (χ0n) is 40.7. The number of hydrogen-bond donors (Lipinski definition) is 1. The minimum Gasteiger partial charge on any atom is -0.309 e. The molecule has 1 N–H and O–H groups in total. The number of nitrogens with zero attached hydrogens (tertiary/aromatic N) is 3. The Kier molecular flexibility index (Phi) is 13.4. The molecular formula is C69H52N4. The van der Waals surface area contributed by atoms with E-state index in [2.05, 4.69) is 250 Å². The highest BCUT2D eigenvalue weighted by molar-refractivity contribution is 6.13. The first-order chi connectivity index (χ1) is 36.1. The third kappa shape index (κ3) is 10.3. The molecule has 0 unspecified atom stereocenters. The van der Waals surface area contributed by atoms with Crippen molar-refractivity contribution in [2.24, 2.45) is 0 Å². The predicted octanol–water partition coefficient (Wildman–Crippen LogP) is 18.1. The van der Waals surface area contributed by atoms with Crippen molar-refractivity contribution >= 4 is 39.4 Å². The first-order valence-electron chi connectivity index (χ1n) is 24.9. The van der Waals surface area contributed by atoms with Crippen molar-refractivity contribution in [1.29, 1.82) is 5.41 Å². The van der Waals surface area contributed by atoms with Gasteiger partial charge in [0.2, 0.25) is 0 Å². The molecule has 0 atom stereocenters. The highest BCUT2D eigenvalue weighted by atomic mass is 15.0. The lowest BCUT2D eigenvalue weighted by Gasteiger charge is -2.14. The second-order valence-corrected chi connectivity index (χ2v) is 18.2. The van der Waals surface area contributed by atoms with Gasteiger partial charge in [0, 0.05) is 22.9 Å². The van der Waals surface area contributed by atoms with Gasteiger partial charge < -0.3 is 5.41 Å². The molecule has 4 nitrogen and oxygen atoms in total. The van der Waals surface area contributed by atoms with Crippen LogP contribution in [0.25, 0.3) is 112 Å². The molecule has 0 spiro atoms. The molecule has 0 aliphatic rings. The largest absolute Gasteiger partial charge is 0.309 e. The normalized spacial score (nSPS) is 11.8. The van der Waals surface area contributed by atoms with Crippen molar-refractivity contribution < 1.29 is 0 Å². The van der Waals surface area contributed by atoms with Crippen molar-refractivity contribution in [2.75, 3.05) is 0 Å². The summed E-state index contributed by atoms with van der Waals surface area (Å²) in [5, 5.41) is 12.4. The van der Waals surface area contributed by atoms with E-state index in [1.165, 1.54) is 38.9 Å². The number of benzene rings is 10. The molecule has 10 aromatic carbocycles. The maximum absolute atomic E-state index is 7.47. The molecule has 11 aromatic rings. The molecule has 1 heterocycles. The molecule has 0 aliphatic heterocycles. The van der Waals surface area contributed by atoms with E-state index < -0.39 is 0 Å². The van der Waals surface area contributed by atoms with E-state index >= 15 is 0 Å². The SMILES string of the molecule is CC/C=C\C(=C/Cc1ccccc1)c1nc(-c2cccc(-c3ccccc3)c2)nc(-c2cc(-c3ccc(-c4cccc(/C=C\C=N)c4)cc3)cc(-c3ccc(-c4cc5ccccc5c5ccccc45)cc3)c2)n1. The van der Waals surface area contributed by atoms with Crippen molar-refractivity contribution in [1.82, 2.24) is 15.0 Å². The van der Waals surface area contributed by atoms with Gasteiger partial charge in [0.15, 0.2) is 17.5 Å². The Morgan fingerprint density at radius 3 is 1.64 bits per heavy atom. The molecule has 1 aromatic heterocycles. The van der Waals surface area contributed by atoms with E-state index in [1.54, 1.807) is 6.08 Å². The van der Waals surface area contributed by atoms with Crippen LogP contribution in [0.15, 0.2) is 255 Å². The van der Waals surface area contributed by atoms with Crippen LogP contribution >= 0.6 is 0 Å². The van der Waals surface area contributed by atoms with E-state index in [0.717, 1.165) is 85.2 Å². The Morgan fingerprint density at radius 1 is 0.425 bits per heavy atom. The smallest absolute Gasteiger partial charge is 0.164 e. The topological polar surface area (TPSA) is 62.5 Å². The summed E-state index contributed by atoms with van der Waals surface area (Å²) >= 11 is 0. The van der Waals surface area contributed by atoms with Crippen LogP contribution in [0.4, 0.5) is 0 Å². The Hall–Kier alpha value is -9.38. The van der Waals surface area contributed by atoms with Crippen molar-refractivity contribution in [2.45, 2.75) is 19.8 Å². The third-order valence-corrected chi connectivity index (χ3v) is 13.4. The Balaban J connectivity index is 1.07. The van der Waals surface area contributed by atoms with Gasteiger partial charge in [-0.25, -0.2) is 15.0 Å². The fourth-order valence-corrected chi connectivity index (χ4v) is 9.61. The molecule has 0 fully saturated rings. The summed E-state index contributed by atoms with van der Waals surface area (Å²) in [7, 11) is 0. The summed E-state index contributed by atoms with van der Waals surface area (Å²) in [5.74, 6) is 1.82. The molecule has 4 heteroatoms. The van der Waals surface area contributed by atoms with E-state index in [0.29, 0.717) is 17.5 Å². The van der Waals surface area contributed by atoms with Gasteiger partial charge in [0.05, 0.1) is 0 Å². The van der Waals surface area contributed by atoms with Crippen LogP contribution in [0.5, 0.6) is 0 Å². The average molecular weight is 937 g/mol. The summed E-state index contributed by atoms with van der Waals surface area (Å²) < 4.78 is 0. The fraction of sp³-hybridized carbons (Fsp3) is 0.0435. The molecule has 73 heavy (non-hydrogen) atoms. The number of aromatic nitrogens is 3. The van der Waals surface area contributed by atoms with E-state index in [1.807, 2.05) is 12.1 Å². The quantitative estimate of drug-likeness (QED) is 0.0671. The standard InChI is InChI=1S/C69H52N4/c1-2-3-21-55(32-31-48-17-6-4-7-18-48)67-71-68(59-27-15-26-57(43-59)50-22-8-5-9-23-50)73-69(72-67)62-45-60(52-35-33-51(34-36-52)56-25-14-19-49(42-56)20-16-41-70)44-61(46-62)53-37-39-54(40-38-53)66-47-58-24-10-11-28-63(58)64-29-12-13-30-65(64)66/h3-30,32-47,70H,2,31H2,1H3/b20-16-,21-3-,55-32+,70-41?. The van der Waals surface area contributed by atoms with Crippen molar-refractivity contribution in [3.05, 3.63) is 272 Å². The van der Waals surface area contributed by atoms with E-state index in [9.17, 15) is 0 Å². The highest BCUT2D eigenvalue weighted by Crippen LogP contribution is 2.38. The van der Waals surface area contributed by atoms with E-state index in [-0.39, 0.29) is 0 Å². The first kappa shape index (κ1) is 46.0. The van der Waals surface area contributed by atoms with Gasteiger partial charge in [0.25, 0.3) is 0 Å². The van der Waals surface area contributed by atoms with Gasteiger partial charge >= 0.3 is 0 Å². The van der Waals surface area contributed by atoms with Gasteiger partial charge in [-0.1, -0.05) is 225 Å². The van der Waals surface area contributed by atoms with Crippen LogP contribution in [0.2, 0.25) is 0 Å². The van der Waals surface area contributed by atoms with Crippen LogP contribution in [-0.2, 0) is 6.42 Å². The highest BCUT2D eigenvalue weighted by Gasteiger charge is 2.17. The van der Waals surface area contributed by atoms with Crippen LogP contribution in [0.3, 0.4) is 0 Å². The van der Waals surface area contributed by atoms with Gasteiger partial charge in [-0.2, -0.15) is 0 Å². The maximum Gasteiger partial charge on any atom is 0.164 e. The van der Waals surface area contributed by atoms with Crippen molar-refractivity contribution in [3.8, 4) is 78.4 Å². The monoisotopic (exact) mass is 936 g/mol. The predicted molar refractivity (Wildman–Crippen MR) is 308 cm³/mol. The second-order valence-electron chi connectivity index (χ2n) is 18.2. The van der Waals surface area contributed by atoms with Gasteiger partial charge in [-0.3, -0.25) is 0 Å². The number of allylic oxidation sites excluding steroid dienone is 5. The zero-order chi connectivity index (χ0) is 49.3. The van der Waals surface area contributed by atoms with Gasteiger partial charge in [-0.15, -0.1) is 0 Å². The number of rotatable bonds is 14. The van der Waals surface area contributed by atoms with Crippen molar-refractivity contribution in [3.63, 3.8) is 0 Å². The molecule has 348 valence electrons. The summed E-state index contributed by atoms with van der Waals surface area (Å²) in [5.41, 5.74) is 16.1. The maximum atomic E-state index is 7.47. The molecule has 0 bridgehead atoms.